The monoisotopic (exact) mass is 464 g/mol. The van der Waals surface area contributed by atoms with E-state index in [1.807, 2.05) is 29.3 Å². The van der Waals surface area contributed by atoms with Gasteiger partial charge in [-0.2, -0.15) is 0 Å². The second kappa shape index (κ2) is 7.82. The van der Waals surface area contributed by atoms with E-state index in [0.717, 1.165) is 28.2 Å². The molecule has 26 heavy (non-hydrogen) atoms. The zero-order valence-corrected chi connectivity index (χ0v) is 17.7. The van der Waals surface area contributed by atoms with Gasteiger partial charge in [-0.1, -0.05) is 32.9 Å². The fourth-order valence-corrected chi connectivity index (χ4v) is 3.68. The first kappa shape index (κ1) is 18.9. The zero-order valence-electron chi connectivity index (χ0n) is 15.5. The minimum Gasteiger partial charge on any atom is -0.352 e. The number of pyridine rings is 1. The molecular weight excluding hydrogens is 439 g/mol. The number of anilines is 2. The highest BCUT2D eigenvalue weighted by Crippen LogP contribution is 2.24. The number of aromatic nitrogens is 1. The van der Waals surface area contributed by atoms with Crippen molar-refractivity contribution in [2.24, 2.45) is 0 Å². The fourth-order valence-electron chi connectivity index (χ4n) is 2.99. The molecule has 6 heteroatoms. The van der Waals surface area contributed by atoms with Gasteiger partial charge in [0, 0.05) is 38.1 Å². The Hall–Kier alpha value is -1.83. The maximum absolute atomic E-state index is 12.5. The van der Waals surface area contributed by atoms with Gasteiger partial charge in [-0.15, -0.1) is 0 Å². The van der Waals surface area contributed by atoms with E-state index in [1.54, 1.807) is 0 Å². The number of hydrogen-bond acceptors (Lipinski definition) is 3. The van der Waals surface area contributed by atoms with Crippen LogP contribution in [0.25, 0.3) is 0 Å². The topological polar surface area (TPSA) is 48.5 Å². The highest BCUT2D eigenvalue weighted by Gasteiger charge is 2.23. The molecule has 5 nitrogen and oxygen atoms in total. The van der Waals surface area contributed by atoms with E-state index in [1.165, 1.54) is 5.56 Å². The van der Waals surface area contributed by atoms with Gasteiger partial charge in [0.2, 0.25) is 0 Å². The first-order valence-electron chi connectivity index (χ1n) is 8.86. The van der Waals surface area contributed by atoms with Gasteiger partial charge in [-0.05, 0) is 57.8 Å². The van der Waals surface area contributed by atoms with Crippen LogP contribution in [0.2, 0.25) is 0 Å². The molecule has 138 valence electrons. The predicted octanol–water partition coefficient (Wildman–Crippen LogP) is 4.34. The van der Waals surface area contributed by atoms with E-state index < -0.39 is 0 Å². The summed E-state index contributed by atoms with van der Waals surface area (Å²) in [6.07, 6.45) is 1.82. The number of carbonyl (C=O) groups is 1. The first-order chi connectivity index (χ1) is 12.3. The summed E-state index contributed by atoms with van der Waals surface area (Å²) in [5.41, 5.74) is 2.21. The normalized spacial score (nSPS) is 15.1. The van der Waals surface area contributed by atoms with Gasteiger partial charge in [0.1, 0.15) is 5.82 Å². The number of hydrogen-bond donors (Lipinski definition) is 1. The highest BCUT2D eigenvalue weighted by atomic mass is 127. The van der Waals surface area contributed by atoms with Gasteiger partial charge in [0.05, 0.1) is 3.57 Å². The number of urea groups is 1. The number of nitrogens with one attached hydrogen (secondary N) is 1. The second-order valence-corrected chi connectivity index (χ2v) is 8.70. The molecule has 0 bridgehead atoms. The minimum atomic E-state index is -0.0381. The molecule has 2 aromatic rings. The standard InChI is InChI=1S/C20H25IN4O/c1-20(2,3)15-6-8-16(9-7-15)23-19(26)25-13-11-24(12-14-25)18-17(21)5-4-10-22-18/h4-10H,11-14H2,1-3H3,(H,23,26). The van der Waals surface area contributed by atoms with Crippen LogP contribution in [0.4, 0.5) is 16.3 Å². The van der Waals surface area contributed by atoms with Gasteiger partial charge >= 0.3 is 6.03 Å². The van der Waals surface area contributed by atoms with E-state index in [4.69, 9.17) is 0 Å². The molecule has 1 aliphatic heterocycles. The van der Waals surface area contributed by atoms with Gasteiger partial charge in [0.15, 0.2) is 0 Å². The smallest absolute Gasteiger partial charge is 0.321 e. The predicted molar refractivity (Wildman–Crippen MR) is 115 cm³/mol. The average molecular weight is 464 g/mol. The summed E-state index contributed by atoms with van der Waals surface area (Å²) in [6, 6.07) is 12.1. The number of nitrogens with zero attached hydrogens (tertiary/aromatic N) is 3. The molecule has 0 radical (unpaired) electrons. The molecule has 2 amide bonds. The molecule has 1 aliphatic rings. The Balaban J connectivity index is 1.56. The summed E-state index contributed by atoms with van der Waals surface area (Å²) >= 11 is 2.31. The molecule has 1 aromatic carbocycles. The number of rotatable bonds is 2. The lowest BCUT2D eigenvalue weighted by molar-refractivity contribution is 0.208. The molecule has 0 aliphatic carbocycles. The van der Waals surface area contributed by atoms with Crippen molar-refractivity contribution in [3.8, 4) is 0 Å². The largest absolute Gasteiger partial charge is 0.352 e. The van der Waals surface area contributed by atoms with Crippen molar-refractivity contribution in [1.82, 2.24) is 9.88 Å². The van der Waals surface area contributed by atoms with E-state index in [9.17, 15) is 4.79 Å². The van der Waals surface area contributed by atoms with Gasteiger partial charge in [-0.25, -0.2) is 9.78 Å². The summed E-state index contributed by atoms with van der Waals surface area (Å²) < 4.78 is 1.14. The molecule has 0 spiro atoms. The van der Waals surface area contributed by atoms with E-state index in [-0.39, 0.29) is 11.4 Å². The summed E-state index contributed by atoms with van der Waals surface area (Å²) in [5, 5.41) is 3.01. The van der Waals surface area contributed by atoms with Crippen molar-refractivity contribution in [2.75, 3.05) is 36.4 Å². The Kier molecular flexibility index (Phi) is 5.70. The summed E-state index contributed by atoms with van der Waals surface area (Å²) in [7, 11) is 0. The Morgan fingerprint density at radius 2 is 1.73 bits per heavy atom. The Labute approximate surface area is 168 Å². The zero-order chi connectivity index (χ0) is 18.7. The van der Waals surface area contributed by atoms with Crippen molar-refractivity contribution in [3.05, 3.63) is 51.7 Å². The average Bonchev–Trinajstić information content (AvgIpc) is 2.62. The van der Waals surface area contributed by atoms with Gasteiger partial charge < -0.3 is 15.1 Å². The number of carbonyl (C=O) groups excluding carboxylic acids is 1. The van der Waals surface area contributed by atoms with E-state index in [2.05, 4.69) is 76.8 Å². The number of halogens is 1. The molecular formula is C20H25IN4O. The van der Waals surface area contributed by atoms with Crippen molar-refractivity contribution in [2.45, 2.75) is 26.2 Å². The third kappa shape index (κ3) is 4.47. The number of piperazine rings is 1. The van der Waals surface area contributed by atoms with Crippen LogP contribution in [-0.4, -0.2) is 42.1 Å². The third-order valence-electron chi connectivity index (χ3n) is 4.61. The van der Waals surface area contributed by atoms with Crippen LogP contribution in [0.3, 0.4) is 0 Å². The highest BCUT2D eigenvalue weighted by molar-refractivity contribution is 14.1. The van der Waals surface area contributed by atoms with Crippen molar-refractivity contribution in [1.29, 1.82) is 0 Å². The van der Waals surface area contributed by atoms with E-state index in [0.29, 0.717) is 13.1 Å². The second-order valence-electron chi connectivity index (χ2n) is 7.54. The molecule has 1 saturated heterocycles. The van der Waals surface area contributed by atoms with Gasteiger partial charge in [0.25, 0.3) is 0 Å². The summed E-state index contributed by atoms with van der Waals surface area (Å²) in [6.45, 7) is 9.53. The van der Waals surface area contributed by atoms with Crippen LogP contribution in [0.15, 0.2) is 42.6 Å². The van der Waals surface area contributed by atoms with Crippen molar-refractivity contribution in [3.63, 3.8) is 0 Å². The van der Waals surface area contributed by atoms with E-state index >= 15 is 0 Å². The summed E-state index contributed by atoms with van der Waals surface area (Å²) in [4.78, 5) is 21.1. The molecule has 0 saturated carbocycles. The van der Waals surface area contributed by atoms with Crippen molar-refractivity contribution < 1.29 is 4.79 Å². The van der Waals surface area contributed by atoms with Crippen LogP contribution in [-0.2, 0) is 5.41 Å². The van der Waals surface area contributed by atoms with Gasteiger partial charge in [-0.3, -0.25) is 0 Å². The fraction of sp³-hybridized carbons (Fsp3) is 0.400. The van der Waals surface area contributed by atoms with Crippen LogP contribution in [0, 0.1) is 3.57 Å². The third-order valence-corrected chi connectivity index (χ3v) is 5.45. The molecule has 1 fully saturated rings. The molecule has 0 unspecified atom stereocenters. The van der Waals surface area contributed by atoms with Crippen molar-refractivity contribution >= 4 is 40.1 Å². The lowest BCUT2D eigenvalue weighted by Crippen LogP contribution is -2.50. The molecule has 3 rings (SSSR count). The Morgan fingerprint density at radius 3 is 2.31 bits per heavy atom. The first-order valence-corrected chi connectivity index (χ1v) is 9.94. The lowest BCUT2D eigenvalue weighted by atomic mass is 9.87. The van der Waals surface area contributed by atoms with Crippen LogP contribution >= 0.6 is 22.6 Å². The summed E-state index contributed by atoms with van der Waals surface area (Å²) in [5.74, 6) is 1.01. The molecule has 2 heterocycles. The lowest BCUT2D eigenvalue weighted by Gasteiger charge is -2.35. The number of benzene rings is 1. The number of amides is 2. The molecule has 1 N–H and O–H groups in total. The molecule has 0 atom stereocenters. The van der Waals surface area contributed by atoms with Crippen LogP contribution in [0.1, 0.15) is 26.3 Å². The van der Waals surface area contributed by atoms with Crippen LogP contribution < -0.4 is 10.2 Å². The minimum absolute atomic E-state index is 0.0381. The van der Waals surface area contributed by atoms with Crippen LogP contribution in [0.5, 0.6) is 0 Å². The SMILES string of the molecule is CC(C)(C)c1ccc(NC(=O)N2CCN(c3ncccc3I)CC2)cc1. The molecule has 1 aromatic heterocycles. The quantitative estimate of drug-likeness (QED) is 0.673. The Bertz CT molecular complexity index is 762. The Morgan fingerprint density at radius 1 is 1.08 bits per heavy atom. The maximum Gasteiger partial charge on any atom is 0.321 e. The maximum atomic E-state index is 12.5.